The molecule has 0 radical (unpaired) electrons. The van der Waals surface area contributed by atoms with Crippen LogP contribution in [0.1, 0.15) is 39.9 Å². The van der Waals surface area contributed by atoms with E-state index in [1.165, 1.54) is 6.92 Å². The van der Waals surface area contributed by atoms with E-state index in [0.29, 0.717) is 16.7 Å². The Morgan fingerprint density at radius 3 is 2.45 bits per heavy atom. The fourth-order valence-electron chi connectivity index (χ4n) is 2.89. The monoisotopic (exact) mass is 294 g/mol. The Morgan fingerprint density at radius 1 is 1.18 bits per heavy atom. The number of hydrogen-bond acceptors (Lipinski definition) is 4. The Bertz CT molecular complexity index is 810. The zero-order valence-corrected chi connectivity index (χ0v) is 11.9. The van der Waals surface area contributed by atoms with Gasteiger partial charge in [0.25, 0.3) is 5.70 Å². The number of rotatable bonds is 3. The van der Waals surface area contributed by atoms with Crippen LogP contribution >= 0.6 is 0 Å². The molecule has 0 amide bonds. The van der Waals surface area contributed by atoms with Gasteiger partial charge in [-0.05, 0) is 24.1 Å². The van der Waals surface area contributed by atoms with Crippen LogP contribution in [0, 0.1) is 10.1 Å². The van der Waals surface area contributed by atoms with Gasteiger partial charge in [0.15, 0.2) is 5.78 Å². The first-order chi connectivity index (χ1) is 10.5. The zero-order valence-electron chi connectivity index (χ0n) is 11.9. The number of nitro groups is 1. The highest BCUT2D eigenvalue weighted by Gasteiger charge is 2.39. The van der Waals surface area contributed by atoms with Crippen molar-refractivity contribution in [3.63, 3.8) is 0 Å². The molecule has 2 aromatic rings. The fraction of sp³-hybridized carbons (Fsp3) is 0.118. The zero-order chi connectivity index (χ0) is 15.9. The van der Waals surface area contributed by atoms with Crippen LogP contribution in [0.3, 0.4) is 0 Å². The highest BCUT2D eigenvalue weighted by Crippen LogP contribution is 2.44. The molecule has 0 heterocycles. The van der Waals surface area contributed by atoms with Gasteiger partial charge >= 0.3 is 0 Å². The quantitative estimate of drug-likeness (QED) is 0.535. The summed E-state index contributed by atoms with van der Waals surface area (Å²) in [6.45, 7) is 1.47. The smallest absolute Gasteiger partial charge is 0.281 e. The normalized spacial score (nSPS) is 16.5. The van der Waals surface area contributed by atoms with Crippen molar-refractivity contribution in [2.45, 2.75) is 12.8 Å². The van der Waals surface area contributed by atoms with Gasteiger partial charge in [0, 0.05) is 11.1 Å². The number of benzene rings is 2. The second kappa shape index (κ2) is 5.11. The van der Waals surface area contributed by atoms with Crippen molar-refractivity contribution < 1.29 is 9.72 Å². The lowest BCUT2D eigenvalue weighted by Crippen LogP contribution is -2.10. The topological polar surface area (TPSA) is 86.2 Å². The van der Waals surface area contributed by atoms with E-state index >= 15 is 0 Å². The van der Waals surface area contributed by atoms with Crippen LogP contribution in [0.4, 0.5) is 0 Å². The first-order valence-electron chi connectivity index (χ1n) is 6.85. The molecular weight excluding hydrogens is 280 g/mol. The SMILES string of the molecule is CC(=O)c1ccc2c(c1)C(c1ccccc1)C([N+](=O)[O-])=C2N. The third-order valence-corrected chi connectivity index (χ3v) is 3.94. The summed E-state index contributed by atoms with van der Waals surface area (Å²) in [4.78, 5) is 22.7. The molecule has 0 saturated heterocycles. The minimum Gasteiger partial charge on any atom is -0.393 e. The molecule has 1 atom stereocenters. The lowest BCUT2D eigenvalue weighted by atomic mass is 9.90. The molecule has 2 N–H and O–H groups in total. The van der Waals surface area contributed by atoms with Crippen molar-refractivity contribution in [3.8, 4) is 0 Å². The lowest BCUT2D eigenvalue weighted by molar-refractivity contribution is -0.427. The highest BCUT2D eigenvalue weighted by atomic mass is 16.6. The molecule has 0 aliphatic heterocycles. The molecule has 5 nitrogen and oxygen atoms in total. The molecule has 22 heavy (non-hydrogen) atoms. The summed E-state index contributed by atoms with van der Waals surface area (Å²) in [5, 5.41) is 11.5. The largest absolute Gasteiger partial charge is 0.393 e. The number of fused-ring (bicyclic) bond motifs is 1. The molecule has 1 aliphatic rings. The van der Waals surface area contributed by atoms with Gasteiger partial charge in [-0.1, -0.05) is 42.5 Å². The Kier molecular flexibility index (Phi) is 3.25. The van der Waals surface area contributed by atoms with Crippen LogP contribution in [-0.4, -0.2) is 10.7 Å². The number of Topliss-reactive ketones (excluding diaryl/α,β-unsaturated/α-hetero) is 1. The standard InChI is InChI=1S/C17H14N2O3/c1-10(20)12-7-8-13-14(9-12)15(11-5-3-2-4-6-11)17(16(13)18)19(21)22/h2-9,15H,18H2,1H3. The lowest BCUT2D eigenvalue weighted by Gasteiger charge is -2.12. The van der Waals surface area contributed by atoms with Gasteiger partial charge in [0.1, 0.15) is 11.6 Å². The van der Waals surface area contributed by atoms with E-state index < -0.39 is 10.8 Å². The predicted octanol–water partition coefficient (Wildman–Crippen LogP) is 2.94. The van der Waals surface area contributed by atoms with E-state index in [4.69, 9.17) is 5.73 Å². The fourth-order valence-corrected chi connectivity index (χ4v) is 2.89. The number of ketones is 1. The van der Waals surface area contributed by atoms with Crippen LogP contribution in [0.2, 0.25) is 0 Å². The molecule has 0 bridgehead atoms. The van der Waals surface area contributed by atoms with Crippen molar-refractivity contribution in [2.75, 3.05) is 0 Å². The minimum atomic E-state index is -0.550. The van der Waals surface area contributed by atoms with E-state index in [-0.39, 0.29) is 17.2 Å². The van der Waals surface area contributed by atoms with Crippen LogP contribution < -0.4 is 5.73 Å². The highest BCUT2D eigenvalue weighted by molar-refractivity contribution is 5.95. The summed E-state index contributed by atoms with van der Waals surface area (Å²) in [6, 6.07) is 14.2. The van der Waals surface area contributed by atoms with Gasteiger partial charge in [-0.15, -0.1) is 0 Å². The maximum absolute atomic E-state index is 11.6. The first-order valence-corrected chi connectivity index (χ1v) is 6.85. The number of carbonyl (C=O) groups is 1. The summed E-state index contributed by atoms with van der Waals surface area (Å²) in [7, 11) is 0. The molecule has 1 unspecified atom stereocenters. The van der Waals surface area contributed by atoms with E-state index in [1.807, 2.05) is 30.3 Å². The summed E-state index contributed by atoms with van der Waals surface area (Å²) in [5.74, 6) is -0.631. The molecule has 1 aliphatic carbocycles. The molecule has 0 fully saturated rings. The first kappa shape index (κ1) is 14.0. The van der Waals surface area contributed by atoms with Crippen LogP contribution in [0.25, 0.3) is 5.70 Å². The van der Waals surface area contributed by atoms with Crippen LogP contribution in [0.15, 0.2) is 54.2 Å². The minimum absolute atomic E-state index is 0.0260. The van der Waals surface area contributed by atoms with Crippen LogP contribution in [-0.2, 0) is 0 Å². The molecule has 110 valence electrons. The molecule has 2 aromatic carbocycles. The van der Waals surface area contributed by atoms with Crippen molar-refractivity contribution in [3.05, 3.63) is 86.6 Å². The van der Waals surface area contributed by atoms with E-state index in [2.05, 4.69) is 0 Å². The average molecular weight is 294 g/mol. The summed E-state index contributed by atoms with van der Waals surface area (Å²) >= 11 is 0. The van der Waals surface area contributed by atoms with Gasteiger partial charge in [0.2, 0.25) is 0 Å². The third kappa shape index (κ3) is 2.07. The Hall–Kier alpha value is -2.95. The molecule has 0 aromatic heterocycles. The van der Waals surface area contributed by atoms with E-state index in [1.54, 1.807) is 18.2 Å². The Labute approximate surface area is 127 Å². The summed E-state index contributed by atoms with van der Waals surface area (Å²) in [5.41, 5.74) is 8.80. The van der Waals surface area contributed by atoms with Gasteiger partial charge in [-0.3, -0.25) is 14.9 Å². The third-order valence-electron chi connectivity index (χ3n) is 3.94. The van der Waals surface area contributed by atoms with Gasteiger partial charge < -0.3 is 5.73 Å². The maximum atomic E-state index is 11.6. The Morgan fingerprint density at radius 2 is 1.86 bits per heavy atom. The average Bonchev–Trinajstić information content (AvgIpc) is 2.80. The van der Waals surface area contributed by atoms with Gasteiger partial charge in [-0.2, -0.15) is 0 Å². The van der Waals surface area contributed by atoms with E-state index in [9.17, 15) is 14.9 Å². The van der Waals surface area contributed by atoms with Gasteiger partial charge in [-0.25, -0.2) is 0 Å². The number of carbonyl (C=O) groups excluding carboxylic acids is 1. The van der Waals surface area contributed by atoms with Crippen LogP contribution in [0.5, 0.6) is 0 Å². The Balaban J connectivity index is 2.25. The predicted molar refractivity (Wildman–Crippen MR) is 82.8 cm³/mol. The number of nitrogens with two attached hydrogens (primary N) is 1. The van der Waals surface area contributed by atoms with E-state index in [0.717, 1.165) is 5.56 Å². The molecule has 0 saturated carbocycles. The number of nitrogens with zero attached hydrogens (tertiary/aromatic N) is 1. The molecule has 0 spiro atoms. The molecule has 3 rings (SSSR count). The molecule has 5 heteroatoms. The van der Waals surface area contributed by atoms with Crippen molar-refractivity contribution in [1.82, 2.24) is 0 Å². The van der Waals surface area contributed by atoms with Crippen molar-refractivity contribution in [1.29, 1.82) is 0 Å². The number of hydrogen-bond donors (Lipinski definition) is 1. The van der Waals surface area contributed by atoms with Crippen molar-refractivity contribution >= 4 is 11.5 Å². The second-order valence-corrected chi connectivity index (χ2v) is 5.26. The van der Waals surface area contributed by atoms with Gasteiger partial charge in [0.05, 0.1) is 4.92 Å². The number of allylic oxidation sites excluding steroid dienone is 1. The molecular formula is C17H14N2O3. The van der Waals surface area contributed by atoms with Crippen molar-refractivity contribution in [2.24, 2.45) is 5.73 Å². The summed E-state index contributed by atoms with van der Waals surface area (Å²) < 4.78 is 0. The summed E-state index contributed by atoms with van der Waals surface area (Å²) in [6.07, 6.45) is 0. The second-order valence-electron chi connectivity index (χ2n) is 5.26. The maximum Gasteiger partial charge on any atom is 0.281 e.